The molecule has 0 radical (unpaired) electrons. The third-order valence-corrected chi connectivity index (χ3v) is 5.95. The molecule has 0 aromatic heterocycles. The van der Waals surface area contributed by atoms with Crippen LogP contribution in [-0.4, -0.2) is 24.0 Å². The van der Waals surface area contributed by atoms with Crippen molar-refractivity contribution < 1.29 is 17.8 Å². The van der Waals surface area contributed by atoms with Crippen LogP contribution in [0.25, 0.3) is 0 Å². The summed E-state index contributed by atoms with van der Waals surface area (Å²) >= 11 is 0. The Morgan fingerprint density at radius 3 is 1.84 bits per heavy atom. The minimum absolute atomic E-state index is 0.150. The fourth-order valence-electron chi connectivity index (χ4n) is 3.68. The summed E-state index contributed by atoms with van der Waals surface area (Å²) < 4.78 is 32.8. The Balaban J connectivity index is 2.14. The number of rotatable bonds is 4. The van der Waals surface area contributed by atoms with E-state index in [2.05, 4.69) is 0 Å². The molecule has 0 aromatic rings. The first-order valence-electron chi connectivity index (χ1n) is 7.50. The lowest BCUT2D eigenvalue weighted by molar-refractivity contribution is -0.124. The highest BCUT2D eigenvalue weighted by Crippen LogP contribution is 2.34. The molecule has 1 N–H and O–H groups in total. The number of ketones is 1. The molecule has 2 aliphatic carbocycles. The zero-order valence-corrected chi connectivity index (χ0v) is 12.2. The van der Waals surface area contributed by atoms with Gasteiger partial charge in [0.15, 0.2) is 5.78 Å². The Labute approximate surface area is 115 Å². The maximum atomic E-state index is 12.5. The standard InChI is InChI=1S/C14H24O4S/c15-13(11-7-3-1-4-8-11)14(19(16,17)18)12-9-5-2-6-10-12/h11-12,14H,1-10H2,(H,16,17,18). The summed E-state index contributed by atoms with van der Waals surface area (Å²) in [6, 6.07) is 0. The lowest BCUT2D eigenvalue weighted by atomic mass is 9.79. The molecule has 5 heteroatoms. The van der Waals surface area contributed by atoms with Gasteiger partial charge in [0.1, 0.15) is 5.25 Å². The van der Waals surface area contributed by atoms with E-state index in [9.17, 15) is 17.8 Å². The largest absolute Gasteiger partial charge is 0.298 e. The van der Waals surface area contributed by atoms with Gasteiger partial charge in [0.05, 0.1) is 0 Å². The first-order valence-corrected chi connectivity index (χ1v) is 9.00. The van der Waals surface area contributed by atoms with E-state index in [0.29, 0.717) is 0 Å². The molecular formula is C14H24O4S. The average molecular weight is 288 g/mol. The zero-order valence-electron chi connectivity index (χ0n) is 11.4. The van der Waals surface area contributed by atoms with Gasteiger partial charge in [-0.1, -0.05) is 38.5 Å². The van der Waals surface area contributed by atoms with Crippen molar-refractivity contribution in [2.75, 3.05) is 0 Å². The second-order valence-corrected chi connectivity index (χ2v) is 7.61. The van der Waals surface area contributed by atoms with Crippen molar-refractivity contribution in [2.45, 2.75) is 69.5 Å². The Morgan fingerprint density at radius 2 is 1.37 bits per heavy atom. The Morgan fingerprint density at radius 1 is 0.895 bits per heavy atom. The van der Waals surface area contributed by atoms with Crippen molar-refractivity contribution >= 4 is 15.9 Å². The van der Waals surface area contributed by atoms with Crippen molar-refractivity contribution in [1.29, 1.82) is 0 Å². The van der Waals surface area contributed by atoms with E-state index in [1.54, 1.807) is 0 Å². The van der Waals surface area contributed by atoms with E-state index < -0.39 is 15.4 Å². The number of carbonyl (C=O) groups is 1. The SMILES string of the molecule is O=C(C1CCCCC1)C(C1CCCCC1)S(=O)(=O)O. The van der Waals surface area contributed by atoms with E-state index in [1.807, 2.05) is 0 Å². The highest BCUT2D eigenvalue weighted by atomic mass is 32.2. The van der Waals surface area contributed by atoms with E-state index in [4.69, 9.17) is 0 Å². The molecule has 2 rings (SSSR count). The van der Waals surface area contributed by atoms with Gasteiger partial charge in [0.2, 0.25) is 0 Å². The number of hydrogen-bond donors (Lipinski definition) is 1. The molecule has 0 saturated heterocycles. The molecule has 0 amide bonds. The smallest absolute Gasteiger partial charge is 0.275 e. The van der Waals surface area contributed by atoms with Gasteiger partial charge in [-0.3, -0.25) is 9.35 Å². The van der Waals surface area contributed by atoms with Gasteiger partial charge in [-0.05, 0) is 31.6 Å². The topological polar surface area (TPSA) is 71.4 Å². The summed E-state index contributed by atoms with van der Waals surface area (Å²) in [6.45, 7) is 0. The van der Waals surface area contributed by atoms with E-state index in [1.165, 1.54) is 0 Å². The van der Waals surface area contributed by atoms with Crippen molar-refractivity contribution in [2.24, 2.45) is 11.8 Å². The molecule has 0 spiro atoms. The van der Waals surface area contributed by atoms with E-state index in [0.717, 1.165) is 64.2 Å². The third kappa shape index (κ3) is 3.78. The molecule has 0 heterocycles. The van der Waals surface area contributed by atoms with Crippen LogP contribution >= 0.6 is 0 Å². The van der Waals surface area contributed by atoms with Crippen molar-refractivity contribution in [1.82, 2.24) is 0 Å². The van der Waals surface area contributed by atoms with Crippen molar-refractivity contribution in [3.8, 4) is 0 Å². The minimum Gasteiger partial charge on any atom is -0.298 e. The van der Waals surface area contributed by atoms with Crippen LogP contribution in [0.2, 0.25) is 0 Å². The maximum Gasteiger partial charge on any atom is 0.275 e. The van der Waals surface area contributed by atoms with Crippen LogP contribution in [0.1, 0.15) is 64.2 Å². The highest BCUT2D eigenvalue weighted by Gasteiger charge is 2.41. The third-order valence-electron chi connectivity index (χ3n) is 4.69. The predicted molar refractivity (Wildman–Crippen MR) is 73.5 cm³/mol. The van der Waals surface area contributed by atoms with Crippen molar-refractivity contribution in [3.63, 3.8) is 0 Å². The van der Waals surface area contributed by atoms with Gasteiger partial charge in [0.25, 0.3) is 10.1 Å². The van der Waals surface area contributed by atoms with E-state index in [-0.39, 0.29) is 17.6 Å². The lowest BCUT2D eigenvalue weighted by Gasteiger charge is -2.30. The average Bonchev–Trinajstić information content (AvgIpc) is 2.39. The van der Waals surface area contributed by atoms with Crippen LogP contribution in [-0.2, 0) is 14.9 Å². The molecule has 1 atom stereocenters. The normalized spacial score (nSPS) is 25.1. The Hall–Kier alpha value is -0.420. The first kappa shape index (κ1) is 15.0. The van der Waals surface area contributed by atoms with Gasteiger partial charge >= 0.3 is 0 Å². The van der Waals surface area contributed by atoms with Gasteiger partial charge in [-0.15, -0.1) is 0 Å². The van der Waals surface area contributed by atoms with Crippen LogP contribution in [0.3, 0.4) is 0 Å². The molecule has 2 saturated carbocycles. The molecular weight excluding hydrogens is 264 g/mol. The van der Waals surface area contributed by atoms with Crippen LogP contribution in [0.15, 0.2) is 0 Å². The summed E-state index contributed by atoms with van der Waals surface area (Å²) in [6.07, 6.45) is 9.25. The first-order chi connectivity index (χ1) is 9.00. The summed E-state index contributed by atoms with van der Waals surface area (Å²) in [5.41, 5.74) is 0. The fourth-order valence-corrected chi connectivity index (χ4v) is 4.92. The Kier molecular flexibility index (Phi) is 5.01. The lowest BCUT2D eigenvalue weighted by Crippen LogP contribution is -2.42. The number of hydrogen-bond acceptors (Lipinski definition) is 3. The van der Waals surface area contributed by atoms with Crippen LogP contribution in [0, 0.1) is 11.8 Å². The van der Waals surface area contributed by atoms with Crippen molar-refractivity contribution in [3.05, 3.63) is 0 Å². The molecule has 110 valence electrons. The fraction of sp³-hybridized carbons (Fsp3) is 0.929. The van der Waals surface area contributed by atoms with E-state index >= 15 is 0 Å². The maximum absolute atomic E-state index is 12.5. The monoisotopic (exact) mass is 288 g/mol. The molecule has 2 aliphatic rings. The molecule has 19 heavy (non-hydrogen) atoms. The van der Waals surface area contributed by atoms with Crippen LogP contribution < -0.4 is 0 Å². The minimum atomic E-state index is -4.26. The number of carbonyl (C=O) groups excluding carboxylic acids is 1. The van der Waals surface area contributed by atoms with Gasteiger partial charge in [-0.25, -0.2) is 0 Å². The molecule has 1 unspecified atom stereocenters. The summed E-state index contributed by atoms with van der Waals surface area (Å²) in [5.74, 6) is -0.533. The summed E-state index contributed by atoms with van der Waals surface area (Å²) in [5, 5.41) is -1.16. The van der Waals surface area contributed by atoms with Gasteiger partial charge in [-0.2, -0.15) is 8.42 Å². The Bertz CT molecular complexity index is 403. The molecule has 0 bridgehead atoms. The summed E-state index contributed by atoms with van der Waals surface area (Å²) in [4.78, 5) is 12.5. The van der Waals surface area contributed by atoms with Gasteiger partial charge in [0, 0.05) is 5.92 Å². The zero-order chi connectivity index (χ0) is 13.9. The second-order valence-electron chi connectivity index (χ2n) is 6.07. The quantitative estimate of drug-likeness (QED) is 0.807. The van der Waals surface area contributed by atoms with Crippen LogP contribution in [0.5, 0.6) is 0 Å². The molecule has 4 nitrogen and oxygen atoms in total. The second kappa shape index (κ2) is 6.35. The summed E-state index contributed by atoms with van der Waals surface area (Å²) in [7, 11) is -4.26. The van der Waals surface area contributed by atoms with Crippen LogP contribution in [0.4, 0.5) is 0 Å². The van der Waals surface area contributed by atoms with Gasteiger partial charge < -0.3 is 0 Å². The predicted octanol–water partition coefficient (Wildman–Crippen LogP) is 2.97. The highest BCUT2D eigenvalue weighted by molar-refractivity contribution is 7.87. The molecule has 0 aromatic carbocycles. The molecule has 2 fully saturated rings. The number of Topliss-reactive ketones (excluding diaryl/α,β-unsaturated/α-hetero) is 1. The molecule has 0 aliphatic heterocycles.